The maximum absolute atomic E-state index is 13.2. The van der Waals surface area contributed by atoms with Crippen molar-refractivity contribution in [3.63, 3.8) is 0 Å². The summed E-state index contributed by atoms with van der Waals surface area (Å²) in [6, 6.07) is 9.56. The second-order valence-electron chi connectivity index (χ2n) is 4.43. The molecule has 0 radical (unpaired) electrons. The molecular weight excluding hydrogens is 286 g/mol. The van der Waals surface area contributed by atoms with Crippen LogP contribution in [0.2, 0.25) is 10.0 Å². The lowest BCUT2D eigenvalue weighted by atomic mass is 9.98. The highest BCUT2D eigenvalue weighted by Gasteiger charge is 2.17. The molecule has 0 heterocycles. The molecule has 0 spiro atoms. The fourth-order valence-corrected chi connectivity index (χ4v) is 2.65. The molecule has 1 unspecified atom stereocenters. The third-order valence-corrected chi connectivity index (χ3v) is 3.72. The lowest BCUT2D eigenvalue weighted by Gasteiger charge is -2.15. The normalized spacial score (nSPS) is 12.5. The molecule has 0 bridgehead atoms. The molecule has 2 aromatic carbocycles. The van der Waals surface area contributed by atoms with E-state index in [9.17, 15) is 9.50 Å². The second kappa shape index (κ2) is 5.91. The SMILES string of the molecule is Cc1ccc(F)cc1CC(O)c1c(Cl)cccc1Cl. The van der Waals surface area contributed by atoms with Crippen molar-refractivity contribution in [3.8, 4) is 0 Å². The van der Waals surface area contributed by atoms with Crippen LogP contribution in [0.15, 0.2) is 36.4 Å². The lowest BCUT2D eigenvalue weighted by molar-refractivity contribution is 0.178. The summed E-state index contributed by atoms with van der Waals surface area (Å²) in [5.41, 5.74) is 2.14. The molecule has 0 aromatic heterocycles. The summed E-state index contributed by atoms with van der Waals surface area (Å²) in [7, 11) is 0. The molecule has 4 heteroatoms. The quantitative estimate of drug-likeness (QED) is 0.869. The van der Waals surface area contributed by atoms with Crippen LogP contribution < -0.4 is 0 Å². The summed E-state index contributed by atoms with van der Waals surface area (Å²) in [5, 5.41) is 11.1. The van der Waals surface area contributed by atoms with Crippen molar-refractivity contribution in [3.05, 3.63) is 69.0 Å². The molecular formula is C15H13Cl2FO. The summed E-state index contributed by atoms with van der Waals surface area (Å²) in [6.45, 7) is 1.87. The number of aliphatic hydroxyl groups is 1. The zero-order chi connectivity index (χ0) is 14.0. The Labute approximate surface area is 121 Å². The van der Waals surface area contributed by atoms with E-state index in [0.29, 0.717) is 15.6 Å². The Hall–Kier alpha value is -1.09. The first-order valence-electron chi connectivity index (χ1n) is 5.86. The minimum absolute atomic E-state index is 0.271. The van der Waals surface area contributed by atoms with Gasteiger partial charge >= 0.3 is 0 Å². The van der Waals surface area contributed by atoms with Crippen molar-refractivity contribution in [1.29, 1.82) is 0 Å². The van der Waals surface area contributed by atoms with Crippen LogP contribution in [-0.2, 0) is 6.42 Å². The topological polar surface area (TPSA) is 20.2 Å². The minimum Gasteiger partial charge on any atom is -0.388 e. The van der Waals surface area contributed by atoms with Crippen molar-refractivity contribution >= 4 is 23.2 Å². The van der Waals surface area contributed by atoms with Crippen LogP contribution in [0.3, 0.4) is 0 Å². The molecule has 0 fully saturated rings. The maximum atomic E-state index is 13.2. The van der Waals surface area contributed by atoms with Crippen molar-refractivity contribution in [2.24, 2.45) is 0 Å². The number of benzene rings is 2. The Balaban J connectivity index is 2.31. The highest BCUT2D eigenvalue weighted by molar-refractivity contribution is 6.36. The number of rotatable bonds is 3. The molecule has 1 nitrogen and oxygen atoms in total. The van der Waals surface area contributed by atoms with Gasteiger partial charge in [0.05, 0.1) is 6.10 Å². The molecule has 2 rings (SSSR count). The zero-order valence-electron chi connectivity index (χ0n) is 10.3. The van der Waals surface area contributed by atoms with Gasteiger partial charge in [-0.15, -0.1) is 0 Å². The van der Waals surface area contributed by atoms with Crippen LogP contribution >= 0.6 is 23.2 Å². The first kappa shape index (κ1) is 14.3. The Morgan fingerprint density at radius 2 is 1.79 bits per heavy atom. The number of hydrogen-bond donors (Lipinski definition) is 1. The van der Waals surface area contributed by atoms with Crippen LogP contribution in [0.4, 0.5) is 4.39 Å². The van der Waals surface area contributed by atoms with E-state index in [1.54, 1.807) is 24.3 Å². The van der Waals surface area contributed by atoms with Crippen molar-refractivity contribution in [1.82, 2.24) is 0 Å². The molecule has 0 saturated heterocycles. The number of halogens is 3. The van der Waals surface area contributed by atoms with Gasteiger partial charge in [-0.3, -0.25) is 0 Å². The van der Waals surface area contributed by atoms with E-state index in [1.807, 2.05) is 6.92 Å². The molecule has 0 amide bonds. The Morgan fingerprint density at radius 3 is 2.42 bits per heavy atom. The smallest absolute Gasteiger partial charge is 0.123 e. The van der Waals surface area contributed by atoms with Gasteiger partial charge in [-0.2, -0.15) is 0 Å². The molecule has 0 aliphatic heterocycles. The first-order chi connectivity index (χ1) is 8.99. The van der Waals surface area contributed by atoms with Crippen LogP contribution in [0, 0.1) is 12.7 Å². The highest BCUT2D eigenvalue weighted by Crippen LogP contribution is 2.32. The van der Waals surface area contributed by atoms with Crippen LogP contribution in [0.1, 0.15) is 22.8 Å². The van der Waals surface area contributed by atoms with Crippen LogP contribution in [0.5, 0.6) is 0 Å². The second-order valence-corrected chi connectivity index (χ2v) is 5.24. The van der Waals surface area contributed by atoms with E-state index in [-0.39, 0.29) is 12.2 Å². The number of aryl methyl sites for hydroxylation is 1. The Morgan fingerprint density at radius 1 is 1.16 bits per heavy atom. The summed E-state index contributed by atoms with van der Waals surface area (Å²) in [5.74, 6) is -0.321. The minimum atomic E-state index is -0.860. The summed E-state index contributed by atoms with van der Waals surface area (Å²) in [6.07, 6.45) is -0.589. The average Bonchev–Trinajstić information content (AvgIpc) is 2.33. The van der Waals surface area contributed by atoms with Gasteiger partial charge in [0.15, 0.2) is 0 Å². The van der Waals surface area contributed by atoms with Crippen LogP contribution in [-0.4, -0.2) is 5.11 Å². The van der Waals surface area contributed by atoms with Crippen LogP contribution in [0.25, 0.3) is 0 Å². The van der Waals surface area contributed by atoms with Gasteiger partial charge in [0.2, 0.25) is 0 Å². The molecule has 2 aromatic rings. The Bertz CT molecular complexity index is 578. The maximum Gasteiger partial charge on any atom is 0.123 e. The molecule has 100 valence electrons. The van der Waals surface area contributed by atoms with Gasteiger partial charge in [-0.1, -0.05) is 35.3 Å². The summed E-state index contributed by atoms with van der Waals surface area (Å²) < 4.78 is 13.2. The third-order valence-electron chi connectivity index (χ3n) is 3.06. The molecule has 1 N–H and O–H groups in total. The monoisotopic (exact) mass is 298 g/mol. The molecule has 19 heavy (non-hydrogen) atoms. The lowest BCUT2D eigenvalue weighted by Crippen LogP contribution is -2.05. The van der Waals surface area contributed by atoms with Gasteiger partial charge in [0.25, 0.3) is 0 Å². The zero-order valence-corrected chi connectivity index (χ0v) is 11.8. The van der Waals surface area contributed by atoms with Crippen molar-refractivity contribution in [2.45, 2.75) is 19.4 Å². The van der Waals surface area contributed by atoms with Gasteiger partial charge < -0.3 is 5.11 Å². The van der Waals surface area contributed by atoms with E-state index >= 15 is 0 Å². The Kier molecular flexibility index (Phi) is 4.46. The van der Waals surface area contributed by atoms with E-state index in [2.05, 4.69) is 0 Å². The van der Waals surface area contributed by atoms with Crippen molar-refractivity contribution in [2.75, 3.05) is 0 Å². The molecule has 0 saturated carbocycles. The summed E-state index contributed by atoms with van der Waals surface area (Å²) >= 11 is 12.1. The average molecular weight is 299 g/mol. The predicted octanol–water partition coefficient (Wildman–Crippen LogP) is 4.72. The molecule has 0 aliphatic rings. The predicted molar refractivity (Wildman–Crippen MR) is 76.3 cm³/mol. The molecule has 0 aliphatic carbocycles. The van der Waals surface area contributed by atoms with Gasteiger partial charge in [0, 0.05) is 22.0 Å². The third kappa shape index (κ3) is 3.27. The van der Waals surface area contributed by atoms with E-state index < -0.39 is 6.10 Å². The highest BCUT2D eigenvalue weighted by atomic mass is 35.5. The number of aliphatic hydroxyl groups excluding tert-OH is 1. The van der Waals surface area contributed by atoms with E-state index in [1.165, 1.54) is 12.1 Å². The van der Waals surface area contributed by atoms with E-state index in [0.717, 1.165) is 11.1 Å². The fraction of sp³-hybridized carbons (Fsp3) is 0.200. The van der Waals surface area contributed by atoms with Gasteiger partial charge in [0.1, 0.15) is 5.82 Å². The summed E-state index contributed by atoms with van der Waals surface area (Å²) in [4.78, 5) is 0. The van der Waals surface area contributed by atoms with Crippen molar-refractivity contribution < 1.29 is 9.50 Å². The van der Waals surface area contributed by atoms with E-state index in [4.69, 9.17) is 23.2 Å². The van der Waals surface area contributed by atoms with Gasteiger partial charge in [-0.05, 0) is 42.3 Å². The standard InChI is InChI=1S/C15H13Cl2FO/c1-9-5-6-11(18)7-10(9)8-14(19)15-12(16)3-2-4-13(15)17/h2-7,14,19H,8H2,1H3. The van der Waals surface area contributed by atoms with Gasteiger partial charge in [-0.25, -0.2) is 4.39 Å². The largest absolute Gasteiger partial charge is 0.388 e. The number of hydrogen-bond acceptors (Lipinski definition) is 1. The molecule has 1 atom stereocenters. The fourth-order valence-electron chi connectivity index (χ4n) is 2.00. The first-order valence-corrected chi connectivity index (χ1v) is 6.61.